The molecule has 0 bridgehead atoms. The molecule has 0 spiro atoms. The van der Waals surface area contributed by atoms with Crippen LogP contribution in [-0.2, 0) is 0 Å². The summed E-state index contributed by atoms with van der Waals surface area (Å²) in [5, 5.41) is 3.08. The Bertz CT molecular complexity index is 458. The van der Waals surface area contributed by atoms with Gasteiger partial charge in [-0.3, -0.25) is 10.6 Å². The molecule has 1 aromatic carbocycles. The van der Waals surface area contributed by atoms with E-state index in [1.807, 2.05) is 23.9 Å². The third-order valence-corrected chi connectivity index (χ3v) is 5.51. The van der Waals surface area contributed by atoms with Gasteiger partial charge in [0.25, 0.3) is 5.91 Å². The van der Waals surface area contributed by atoms with Crippen LogP contribution in [0.5, 0.6) is 0 Å². The van der Waals surface area contributed by atoms with E-state index in [9.17, 15) is 4.79 Å². The van der Waals surface area contributed by atoms with Crippen molar-refractivity contribution in [3.05, 3.63) is 29.8 Å². The molecule has 0 unspecified atom stereocenters. The van der Waals surface area contributed by atoms with Crippen molar-refractivity contribution in [2.45, 2.75) is 36.9 Å². The van der Waals surface area contributed by atoms with E-state index in [4.69, 9.17) is 5.84 Å². The van der Waals surface area contributed by atoms with Crippen LogP contribution in [0.3, 0.4) is 0 Å². The van der Waals surface area contributed by atoms with Crippen molar-refractivity contribution < 1.29 is 4.79 Å². The standard InChI is InChI=1S/C15H23N3OS/c1-20-15(9-5-2-6-10-15)11-17-14(19)12-7-3-4-8-13(12)18-16/h3-4,7-8,18H,2,5-6,9-11,16H2,1H3,(H,17,19). The molecule has 110 valence electrons. The molecule has 1 aliphatic carbocycles. The van der Waals surface area contributed by atoms with E-state index in [1.165, 1.54) is 32.1 Å². The van der Waals surface area contributed by atoms with Crippen LogP contribution in [0.25, 0.3) is 0 Å². The molecule has 0 radical (unpaired) electrons. The zero-order valence-corrected chi connectivity index (χ0v) is 12.8. The highest BCUT2D eigenvalue weighted by molar-refractivity contribution is 8.00. The number of hydrazine groups is 1. The number of nitrogens with two attached hydrogens (primary N) is 1. The van der Waals surface area contributed by atoms with E-state index in [-0.39, 0.29) is 10.7 Å². The molecule has 0 saturated heterocycles. The van der Waals surface area contributed by atoms with Crippen LogP contribution >= 0.6 is 11.8 Å². The van der Waals surface area contributed by atoms with E-state index >= 15 is 0 Å². The minimum absolute atomic E-state index is 0.0578. The topological polar surface area (TPSA) is 67.2 Å². The van der Waals surface area contributed by atoms with E-state index in [0.717, 1.165) is 6.54 Å². The second-order valence-electron chi connectivity index (χ2n) is 5.32. The first-order chi connectivity index (χ1) is 9.71. The number of hydrogen-bond donors (Lipinski definition) is 3. The van der Waals surface area contributed by atoms with Crippen molar-refractivity contribution in [3.63, 3.8) is 0 Å². The van der Waals surface area contributed by atoms with Crippen LogP contribution in [0.2, 0.25) is 0 Å². The predicted octanol–water partition coefficient (Wildman–Crippen LogP) is 2.77. The number of amides is 1. The number of benzene rings is 1. The SMILES string of the molecule is CSC1(CNC(=O)c2ccccc2NN)CCCCC1. The average Bonchev–Trinajstić information content (AvgIpc) is 2.53. The van der Waals surface area contributed by atoms with Gasteiger partial charge in [0.15, 0.2) is 0 Å². The molecule has 0 aromatic heterocycles. The third kappa shape index (κ3) is 3.46. The average molecular weight is 293 g/mol. The Labute approximate surface area is 124 Å². The van der Waals surface area contributed by atoms with E-state index in [0.29, 0.717) is 11.3 Å². The molecule has 1 aliphatic rings. The summed E-state index contributed by atoms with van der Waals surface area (Å²) in [7, 11) is 0. The number of hydrogen-bond acceptors (Lipinski definition) is 4. The number of rotatable bonds is 5. The van der Waals surface area contributed by atoms with E-state index < -0.39 is 0 Å². The van der Waals surface area contributed by atoms with Crippen molar-refractivity contribution in [1.82, 2.24) is 5.32 Å². The van der Waals surface area contributed by atoms with E-state index in [1.54, 1.807) is 12.1 Å². The molecular formula is C15H23N3OS. The van der Waals surface area contributed by atoms with Gasteiger partial charge in [-0.1, -0.05) is 31.4 Å². The Kier molecular flexibility index (Phi) is 5.31. The third-order valence-electron chi connectivity index (χ3n) is 4.10. The first-order valence-electron chi connectivity index (χ1n) is 7.10. The quantitative estimate of drug-likeness (QED) is 0.577. The molecule has 4 nitrogen and oxygen atoms in total. The summed E-state index contributed by atoms with van der Waals surface area (Å²) >= 11 is 1.89. The van der Waals surface area contributed by atoms with Crippen LogP contribution in [-0.4, -0.2) is 23.5 Å². The summed E-state index contributed by atoms with van der Waals surface area (Å²) < 4.78 is 0.207. The minimum atomic E-state index is -0.0578. The molecule has 0 aliphatic heterocycles. The maximum absolute atomic E-state index is 12.3. The first-order valence-corrected chi connectivity index (χ1v) is 8.32. The number of carbonyl (C=O) groups is 1. The monoisotopic (exact) mass is 293 g/mol. The number of nitrogens with one attached hydrogen (secondary N) is 2. The highest BCUT2D eigenvalue weighted by Crippen LogP contribution is 2.38. The highest BCUT2D eigenvalue weighted by Gasteiger charge is 2.31. The molecule has 5 heteroatoms. The molecule has 1 amide bonds. The van der Waals surface area contributed by atoms with Crippen LogP contribution in [0.1, 0.15) is 42.5 Å². The molecule has 1 saturated carbocycles. The Hall–Kier alpha value is -1.20. The fourth-order valence-corrected chi connectivity index (χ4v) is 3.71. The highest BCUT2D eigenvalue weighted by atomic mass is 32.2. The fourth-order valence-electron chi connectivity index (χ4n) is 2.79. The normalized spacial score (nSPS) is 17.5. The van der Waals surface area contributed by atoms with Crippen LogP contribution in [0, 0.1) is 0 Å². The van der Waals surface area contributed by atoms with Gasteiger partial charge < -0.3 is 10.7 Å². The lowest BCUT2D eigenvalue weighted by atomic mass is 9.88. The van der Waals surface area contributed by atoms with Crippen LogP contribution in [0.4, 0.5) is 5.69 Å². The number of carbonyl (C=O) groups excluding carboxylic acids is 1. The van der Waals surface area contributed by atoms with Gasteiger partial charge in [-0.2, -0.15) is 11.8 Å². The fraction of sp³-hybridized carbons (Fsp3) is 0.533. The molecule has 0 atom stereocenters. The Balaban J connectivity index is 2.00. The zero-order valence-electron chi connectivity index (χ0n) is 11.9. The van der Waals surface area contributed by atoms with Crippen molar-refractivity contribution in [1.29, 1.82) is 0 Å². The second kappa shape index (κ2) is 6.99. The van der Waals surface area contributed by atoms with Gasteiger partial charge in [0, 0.05) is 11.3 Å². The Morgan fingerprint density at radius 1 is 1.30 bits per heavy atom. The Morgan fingerprint density at radius 3 is 2.65 bits per heavy atom. The number of nitrogen functional groups attached to an aromatic ring is 1. The summed E-state index contributed by atoms with van der Waals surface area (Å²) in [5.74, 6) is 5.39. The van der Waals surface area contributed by atoms with Gasteiger partial charge in [-0.15, -0.1) is 0 Å². The van der Waals surface area contributed by atoms with Crippen LogP contribution in [0.15, 0.2) is 24.3 Å². The van der Waals surface area contributed by atoms with Crippen molar-refractivity contribution in [3.8, 4) is 0 Å². The number of thioether (sulfide) groups is 1. The van der Waals surface area contributed by atoms with Crippen molar-refractivity contribution in [2.75, 3.05) is 18.2 Å². The molecular weight excluding hydrogens is 270 g/mol. The number of anilines is 1. The summed E-state index contributed by atoms with van der Waals surface area (Å²) in [6.45, 7) is 0.728. The van der Waals surface area contributed by atoms with Gasteiger partial charge in [-0.25, -0.2) is 0 Å². The summed E-state index contributed by atoms with van der Waals surface area (Å²) in [6, 6.07) is 7.30. The van der Waals surface area contributed by atoms with Gasteiger partial charge in [-0.05, 0) is 31.2 Å². The molecule has 20 heavy (non-hydrogen) atoms. The zero-order chi connectivity index (χ0) is 14.4. The molecule has 0 heterocycles. The van der Waals surface area contributed by atoms with E-state index in [2.05, 4.69) is 17.0 Å². The lowest BCUT2D eigenvalue weighted by Crippen LogP contribution is -2.42. The van der Waals surface area contributed by atoms with Gasteiger partial charge in [0.05, 0.1) is 11.3 Å². The van der Waals surface area contributed by atoms with Gasteiger partial charge in [0.2, 0.25) is 0 Å². The molecule has 2 rings (SSSR count). The maximum atomic E-state index is 12.3. The molecule has 1 aromatic rings. The second-order valence-corrected chi connectivity index (χ2v) is 6.59. The lowest BCUT2D eigenvalue weighted by molar-refractivity contribution is 0.0947. The van der Waals surface area contributed by atoms with Gasteiger partial charge >= 0.3 is 0 Å². The Morgan fingerprint density at radius 2 is 2.00 bits per heavy atom. The van der Waals surface area contributed by atoms with Crippen LogP contribution < -0.4 is 16.6 Å². The van der Waals surface area contributed by atoms with Crippen molar-refractivity contribution >= 4 is 23.4 Å². The summed E-state index contributed by atoms with van der Waals surface area (Å²) in [5.41, 5.74) is 3.83. The van der Waals surface area contributed by atoms with Gasteiger partial charge in [0.1, 0.15) is 0 Å². The summed E-state index contributed by atoms with van der Waals surface area (Å²) in [6.07, 6.45) is 8.36. The molecule has 1 fully saturated rings. The van der Waals surface area contributed by atoms with Crippen molar-refractivity contribution in [2.24, 2.45) is 5.84 Å². The number of para-hydroxylation sites is 1. The minimum Gasteiger partial charge on any atom is -0.351 e. The smallest absolute Gasteiger partial charge is 0.253 e. The predicted molar refractivity (Wildman–Crippen MR) is 85.9 cm³/mol. The lowest BCUT2D eigenvalue weighted by Gasteiger charge is -2.35. The molecule has 4 N–H and O–H groups in total. The summed E-state index contributed by atoms with van der Waals surface area (Å²) in [4.78, 5) is 12.3. The largest absolute Gasteiger partial charge is 0.351 e. The maximum Gasteiger partial charge on any atom is 0.253 e. The first kappa shape index (κ1) is 15.2.